The van der Waals surface area contributed by atoms with Crippen LogP contribution in [-0.2, 0) is 6.54 Å². The van der Waals surface area contributed by atoms with Gasteiger partial charge in [-0.2, -0.15) is 0 Å². The van der Waals surface area contributed by atoms with E-state index in [0.29, 0.717) is 11.4 Å². The fourth-order valence-corrected chi connectivity index (χ4v) is 2.45. The van der Waals surface area contributed by atoms with Crippen molar-refractivity contribution >= 4 is 11.8 Å². The largest absolute Gasteiger partial charge is 0.313 e. The van der Waals surface area contributed by atoms with Gasteiger partial charge in [0.25, 0.3) is 0 Å². The summed E-state index contributed by atoms with van der Waals surface area (Å²) in [6, 6.07) is 11.2. The Balaban J connectivity index is 2.10. The lowest BCUT2D eigenvalue weighted by Gasteiger charge is -2.06. The van der Waals surface area contributed by atoms with Gasteiger partial charge in [-0.3, -0.25) is 0 Å². The minimum absolute atomic E-state index is 0.246. The molecule has 19 heavy (non-hydrogen) atoms. The van der Waals surface area contributed by atoms with Gasteiger partial charge in [0.1, 0.15) is 11.6 Å². The summed E-state index contributed by atoms with van der Waals surface area (Å²) >= 11 is 1.29. The van der Waals surface area contributed by atoms with Crippen molar-refractivity contribution in [2.45, 2.75) is 23.3 Å². The van der Waals surface area contributed by atoms with Gasteiger partial charge in [0.05, 0.1) is 0 Å². The summed E-state index contributed by atoms with van der Waals surface area (Å²) in [5.74, 6) is -0.532. The quantitative estimate of drug-likeness (QED) is 0.879. The molecule has 0 saturated heterocycles. The second kappa shape index (κ2) is 6.68. The highest BCUT2D eigenvalue weighted by molar-refractivity contribution is 7.99. The zero-order valence-corrected chi connectivity index (χ0v) is 11.4. The van der Waals surface area contributed by atoms with E-state index in [2.05, 4.69) is 5.32 Å². The summed E-state index contributed by atoms with van der Waals surface area (Å²) in [4.78, 5) is 1.37. The SMILES string of the molecule is CCNCc1ccc(Sc2ccc(F)cc2)c(F)c1. The fraction of sp³-hybridized carbons (Fsp3) is 0.200. The van der Waals surface area contributed by atoms with Crippen LogP contribution in [0.15, 0.2) is 52.3 Å². The van der Waals surface area contributed by atoms with Gasteiger partial charge >= 0.3 is 0 Å². The molecule has 0 aliphatic carbocycles. The first-order valence-electron chi connectivity index (χ1n) is 6.11. The van der Waals surface area contributed by atoms with E-state index >= 15 is 0 Å². The van der Waals surface area contributed by atoms with Crippen LogP contribution in [0.4, 0.5) is 8.78 Å². The molecule has 0 aromatic heterocycles. The molecule has 2 aromatic rings. The van der Waals surface area contributed by atoms with Crippen molar-refractivity contribution in [2.24, 2.45) is 0 Å². The molecule has 0 unspecified atom stereocenters. The summed E-state index contributed by atoms with van der Waals surface area (Å²) in [5, 5.41) is 3.15. The van der Waals surface area contributed by atoms with E-state index in [1.807, 2.05) is 13.0 Å². The predicted molar refractivity (Wildman–Crippen MR) is 74.3 cm³/mol. The summed E-state index contributed by atoms with van der Waals surface area (Å²) < 4.78 is 26.7. The summed E-state index contributed by atoms with van der Waals surface area (Å²) in [6.07, 6.45) is 0. The van der Waals surface area contributed by atoms with Crippen molar-refractivity contribution in [3.8, 4) is 0 Å². The molecular weight excluding hydrogens is 264 g/mol. The normalized spacial score (nSPS) is 10.7. The Morgan fingerprint density at radius 1 is 1.05 bits per heavy atom. The van der Waals surface area contributed by atoms with E-state index in [-0.39, 0.29) is 11.6 Å². The van der Waals surface area contributed by atoms with E-state index in [4.69, 9.17) is 0 Å². The smallest absolute Gasteiger partial charge is 0.137 e. The van der Waals surface area contributed by atoms with Gasteiger partial charge in [-0.15, -0.1) is 0 Å². The van der Waals surface area contributed by atoms with Crippen LogP contribution in [0.2, 0.25) is 0 Å². The van der Waals surface area contributed by atoms with Crippen molar-refractivity contribution in [1.29, 1.82) is 0 Å². The minimum Gasteiger partial charge on any atom is -0.313 e. The summed E-state index contributed by atoms with van der Waals surface area (Å²) in [5.41, 5.74) is 0.919. The van der Waals surface area contributed by atoms with Crippen molar-refractivity contribution < 1.29 is 8.78 Å². The number of rotatable bonds is 5. The third-order valence-electron chi connectivity index (χ3n) is 2.62. The molecule has 0 spiro atoms. The maximum atomic E-state index is 13.9. The van der Waals surface area contributed by atoms with Crippen LogP contribution in [0.1, 0.15) is 12.5 Å². The number of hydrogen-bond acceptors (Lipinski definition) is 2. The zero-order chi connectivity index (χ0) is 13.7. The van der Waals surface area contributed by atoms with Gasteiger partial charge in [0, 0.05) is 16.3 Å². The van der Waals surface area contributed by atoms with Gasteiger partial charge in [0.2, 0.25) is 0 Å². The molecule has 100 valence electrons. The highest BCUT2D eigenvalue weighted by atomic mass is 32.2. The van der Waals surface area contributed by atoms with E-state index < -0.39 is 0 Å². The first kappa shape index (κ1) is 14.0. The minimum atomic E-state index is -0.286. The topological polar surface area (TPSA) is 12.0 Å². The molecule has 1 nitrogen and oxygen atoms in total. The molecule has 0 radical (unpaired) electrons. The van der Waals surface area contributed by atoms with Crippen molar-refractivity contribution in [2.75, 3.05) is 6.54 Å². The Morgan fingerprint density at radius 3 is 2.42 bits per heavy atom. The molecule has 0 aliphatic rings. The number of halogens is 2. The highest BCUT2D eigenvalue weighted by Gasteiger charge is 2.05. The Hall–Kier alpha value is -1.39. The standard InChI is InChI=1S/C15H15F2NS/c1-2-18-10-11-3-8-15(14(17)9-11)19-13-6-4-12(16)5-7-13/h3-9,18H,2,10H2,1H3. The third-order valence-corrected chi connectivity index (χ3v) is 3.68. The van der Waals surface area contributed by atoms with Crippen LogP contribution < -0.4 is 5.32 Å². The molecule has 2 aromatic carbocycles. The maximum absolute atomic E-state index is 13.9. The molecule has 1 N–H and O–H groups in total. The van der Waals surface area contributed by atoms with Crippen LogP contribution in [0.5, 0.6) is 0 Å². The average molecular weight is 279 g/mol. The van der Waals surface area contributed by atoms with Gasteiger partial charge in [0.15, 0.2) is 0 Å². The second-order valence-corrected chi connectivity index (χ2v) is 5.22. The predicted octanol–water partition coefficient (Wildman–Crippen LogP) is 4.23. The molecule has 0 fully saturated rings. The van der Waals surface area contributed by atoms with Crippen LogP contribution in [0.25, 0.3) is 0 Å². The maximum Gasteiger partial charge on any atom is 0.137 e. The summed E-state index contributed by atoms with van der Waals surface area (Å²) in [7, 11) is 0. The Labute approximate surface area is 116 Å². The second-order valence-electron chi connectivity index (χ2n) is 4.10. The van der Waals surface area contributed by atoms with E-state index in [0.717, 1.165) is 17.0 Å². The molecule has 0 saturated carbocycles. The van der Waals surface area contributed by atoms with Crippen LogP contribution in [0, 0.1) is 11.6 Å². The van der Waals surface area contributed by atoms with E-state index in [1.54, 1.807) is 18.2 Å². The fourth-order valence-electron chi connectivity index (χ4n) is 1.64. The number of nitrogens with one attached hydrogen (secondary N) is 1. The van der Waals surface area contributed by atoms with Crippen molar-refractivity contribution in [3.63, 3.8) is 0 Å². The molecule has 0 heterocycles. The van der Waals surface area contributed by atoms with Crippen LogP contribution in [0.3, 0.4) is 0 Å². The Kier molecular flexibility index (Phi) is 4.93. The molecule has 0 bridgehead atoms. The lowest BCUT2D eigenvalue weighted by molar-refractivity contribution is 0.596. The lowest BCUT2D eigenvalue weighted by Crippen LogP contribution is -2.11. The van der Waals surface area contributed by atoms with Gasteiger partial charge in [-0.1, -0.05) is 24.8 Å². The lowest BCUT2D eigenvalue weighted by atomic mass is 10.2. The van der Waals surface area contributed by atoms with Crippen LogP contribution in [-0.4, -0.2) is 6.54 Å². The average Bonchev–Trinajstić information content (AvgIpc) is 2.41. The first-order chi connectivity index (χ1) is 9.19. The molecule has 4 heteroatoms. The molecule has 0 amide bonds. The molecule has 0 atom stereocenters. The summed E-state index contributed by atoms with van der Waals surface area (Å²) in [6.45, 7) is 3.53. The van der Waals surface area contributed by atoms with E-state index in [9.17, 15) is 8.78 Å². The Morgan fingerprint density at radius 2 is 1.79 bits per heavy atom. The van der Waals surface area contributed by atoms with Crippen molar-refractivity contribution in [3.05, 3.63) is 59.7 Å². The Bertz CT molecular complexity index is 540. The van der Waals surface area contributed by atoms with Crippen LogP contribution >= 0.6 is 11.8 Å². The first-order valence-corrected chi connectivity index (χ1v) is 6.93. The monoisotopic (exact) mass is 279 g/mol. The molecule has 0 aliphatic heterocycles. The van der Waals surface area contributed by atoms with Crippen molar-refractivity contribution in [1.82, 2.24) is 5.32 Å². The van der Waals surface area contributed by atoms with Gasteiger partial charge in [-0.05, 0) is 48.5 Å². The highest BCUT2D eigenvalue weighted by Crippen LogP contribution is 2.30. The zero-order valence-electron chi connectivity index (χ0n) is 10.6. The van der Waals surface area contributed by atoms with Gasteiger partial charge in [-0.25, -0.2) is 8.78 Å². The number of benzene rings is 2. The molecule has 2 rings (SSSR count). The third kappa shape index (κ3) is 4.04. The van der Waals surface area contributed by atoms with E-state index in [1.165, 1.54) is 30.0 Å². The van der Waals surface area contributed by atoms with Gasteiger partial charge < -0.3 is 5.32 Å². The molecular formula is C15H15F2NS. The number of hydrogen-bond donors (Lipinski definition) is 1.